The summed E-state index contributed by atoms with van der Waals surface area (Å²) in [5.41, 5.74) is 0.852. The number of fused-ring (bicyclic) bond motifs is 5. The van der Waals surface area contributed by atoms with Crippen LogP contribution in [0.3, 0.4) is 0 Å². The van der Waals surface area contributed by atoms with Crippen LogP contribution in [0.2, 0.25) is 0 Å². The van der Waals surface area contributed by atoms with Crippen LogP contribution in [0.4, 0.5) is 0 Å². The van der Waals surface area contributed by atoms with E-state index in [1.54, 1.807) is 0 Å². The zero-order chi connectivity index (χ0) is 16.6. The molecule has 4 saturated carbocycles. The molecule has 3 heteroatoms. The minimum absolute atomic E-state index is 0.163. The first kappa shape index (κ1) is 16.1. The van der Waals surface area contributed by atoms with Crippen LogP contribution in [-0.2, 0) is 9.47 Å². The topological polar surface area (TPSA) is 38.7 Å². The fourth-order valence-corrected chi connectivity index (χ4v) is 7.98. The van der Waals surface area contributed by atoms with Crippen LogP contribution in [0.5, 0.6) is 0 Å². The Morgan fingerprint density at radius 2 is 1.67 bits per heavy atom. The average molecular weight is 335 g/mol. The van der Waals surface area contributed by atoms with E-state index in [0.717, 1.165) is 50.2 Å². The van der Waals surface area contributed by atoms with Crippen molar-refractivity contribution in [3.63, 3.8) is 0 Å². The molecule has 1 N–H and O–H groups in total. The SMILES string of the molecule is CC12CCCC1C1CC(O)[C@H]3CC4(CCC3(C)C1CC2)OCCO4. The lowest BCUT2D eigenvalue weighted by atomic mass is 9.44. The highest BCUT2D eigenvalue weighted by molar-refractivity contribution is 5.10. The molecule has 6 unspecified atom stereocenters. The first-order chi connectivity index (χ1) is 11.5. The van der Waals surface area contributed by atoms with Crippen LogP contribution < -0.4 is 0 Å². The van der Waals surface area contributed by atoms with Gasteiger partial charge in [-0.25, -0.2) is 0 Å². The number of hydrogen-bond donors (Lipinski definition) is 1. The minimum atomic E-state index is -0.367. The fourth-order valence-electron chi connectivity index (χ4n) is 7.98. The lowest BCUT2D eigenvalue weighted by molar-refractivity contribution is -0.247. The van der Waals surface area contributed by atoms with Crippen LogP contribution in [0.25, 0.3) is 0 Å². The van der Waals surface area contributed by atoms with Gasteiger partial charge in [0.15, 0.2) is 5.79 Å². The second-order valence-corrected chi connectivity index (χ2v) is 10.2. The molecule has 0 aromatic carbocycles. The summed E-state index contributed by atoms with van der Waals surface area (Å²) < 4.78 is 12.0. The van der Waals surface area contributed by atoms with Crippen molar-refractivity contribution in [2.75, 3.05) is 13.2 Å². The molecular weight excluding hydrogens is 300 g/mol. The lowest BCUT2D eigenvalue weighted by Crippen LogP contribution is -2.59. The molecule has 7 atom stereocenters. The van der Waals surface area contributed by atoms with Gasteiger partial charge in [-0.3, -0.25) is 0 Å². The average Bonchev–Trinajstić information content (AvgIpc) is 3.16. The van der Waals surface area contributed by atoms with Crippen LogP contribution in [0, 0.1) is 34.5 Å². The number of aliphatic hydroxyl groups is 1. The van der Waals surface area contributed by atoms with Gasteiger partial charge in [-0.05, 0) is 73.0 Å². The normalized spacial score (nSPS) is 55.9. The largest absolute Gasteiger partial charge is 0.393 e. The second-order valence-electron chi connectivity index (χ2n) is 10.2. The Balaban J connectivity index is 1.45. The molecule has 24 heavy (non-hydrogen) atoms. The predicted molar refractivity (Wildman–Crippen MR) is 92.4 cm³/mol. The van der Waals surface area contributed by atoms with E-state index in [-0.39, 0.29) is 17.3 Å². The highest BCUT2D eigenvalue weighted by Gasteiger charge is 2.62. The first-order valence-electron chi connectivity index (χ1n) is 10.4. The van der Waals surface area contributed by atoms with Gasteiger partial charge in [-0.15, -0.1) is 0 Å². The molecule has 0 aromatic heterocycles. The Kier molecular flexibility index (Phi) is 3.49. The number of hydrogen-bond acceptors (Lipinski definition) is 3. The van der Waals surface area contributed by atoms with E-state index < -0.39 is 0 Å². The second kappa shape index (κ2) is 5.20. The highest BCUT2D eigenvalue weighted by Crippen LogP contribution is 2.67. The summed E-state index contributed by atoms with van der Waals surface area (Å²) in [5.74, 6) is 2.41. The highest BCUT2D eigenvalue weighted by atomic mass is 16.7. The summed E-state index contributed by atoms with van der Waals surface area (Å²) in [4.78, 5) is 0. The molecule has 1 heterocycles. The Bertz CT molecular complexity index is 513. The zero-order valence-electron chi connectivity index (χ0n) is 15.4. The monoisotopic (exact) mass is 334 g/mol. The van der Waals surface area contributed by atoms with Crippen LogP contribution >= 0.6 is 0 Å². The van der Waals surface area contributed by atoms with Gasteiger partial charge >= 0.3 is 0 Å². The molecule has 0 radical (unpaired) electrons. The third kappa shape index (κ3) is 2.07. The summed E-state index contributed by atoms with van der Waals surface area (Å²) >= 11 is 0. The van der Waals surface area contributed by atoms with Gasteiger partial charge < -0.3 is 14.6 Å². The van der Waals surface area contributed by atoms with E-state index in [9.17, 15) is 5.11 Å². The van der Waals surface area contributed by atoms with Gasteiger partial charge in [0, 0.05) is 12.8 Å². The van der Waals surface area contributed by atoms with E-state index in [1.165, 1.54) is 38.5 Å². The Hall–Kier alpha value is -0.120. The summed E-state index contributed by atoms with van der Waals surface area (Å²) in [6.07, 6.45) is 11.0. The van der Waals surface area contributed by atoms with Gasteiger partial charge in [0.25, 0.3) is 0 Å². The summed E-state index contributed by atoms with van der Waals surface area (Å²) in [6.45, 7) is 6.49. The lowest BCUT2D eigenvalue weighted by Gasteiger charge is -2.62. The molecule has 136 valence electrons. The molecule has 1 saturated heterocycles. The van der Waals surface area contributed by atoms with E-state index in [4.69, 9.17) is 9.47 Å². The molecule has 1 spiro atoms. The van der Waals surface area contributed by atoms with Crippen LogP contribution in [-0.4, -0.2) is 30.2 Å². The summed E-state index contributed by atoms with van der Waals surface area (Å²) in [5, 5.41) is 11.1. The quantitative estimate of drug-likeness (QED) is 0.724. The van der Waals surface area contributed by atoms with E-state index >= 15 is 0 Å². The van der Waals surface area contributed by atoms with Gasteiger partial charge in [0.1, 0.15) is 0 Å². The van der Waals surface area contributed by atoms with Crippen LogP contribution in [0.1, 0.15) is 71.6 Å². The number of aliphatic hydroxyl groups excluding tert-OH is 1. The number of rotatable bonds is 0. The van der Waals surface area contributed by atoms with Gasteiger partial charge in [-0.2, -0.15) is 0 Å². The van der Waals surface area contributed by atoms with Crippen molar-refractivity contribution in [3.05, 3.63) is 0 Å². The van der Waals surface area contributed by atoms with Crippen LogP contribution in [0.15, 0.2) is 0 Å². The third-order valence-electron chi connectivity index (χ3n) is 9.28. The molecule has 5 rings (SSSR count). The maximum absolute atomic E-state index is 11.1. The molecule has 5 fully saturated rings. The Morgan fingerprint density at radius 1 is 0.875 bits per heavy atom. The number of ether oxygens (including phenoxy) is 2. The molecule has 1 aliphatic heterocycles. The van der Waals surface area contributed by atoms with Crippen molar-refractivity contribution in [3.8, 4) is 0 Å². The predicted octanol–water partition coefficient (Wildman–Crippen LogP) is 4.13. The summed E-state index contributed by atoms with van der Waals surface area (Å²) in [6, 6.07) is 0. The molecule has 0 amide bonds. The molecular formula is C21H34O3. The van der Waals surface area contributed by atoms with Crippen molar-refractivity contribution in [1.82, 2.24) is 0 Å². The maximum Gasteiger partial charge on any atom is 0.168 e. The fraction of sp³-hybridized carbons (Fsp3) is 1.00. The smallest absolute Gasteiger partial charge is 0.168 e. The van der Waals surface area contributed by atoms with E-state index in [1.807, 2.05) is 0 Å². The van der Waals surface area contributed by atoms with Crippen molar-refractivity contribution < 1.29 is 14.6 Å². The zero-order valence-corrected chi connectivity index (χ0v) is 15.4. The Labute approximate surface area is 146 Å². The minimum Gasteiger partial charge on any atom is -0.393 e. The first-order valence-corrected chi connectivity index (χ1v) is 10.4. The molecule has 5 aliphatic rings. The summed E-state index contributed by atoms with van der Waals surface area (Å²) in [7, 11) is 0. The van der Waals surface area contributed by atoms with Crippen molar-refractivity contribution in [1.29, 1.82) is 0 Å². The van der Waals surface area contributed by atoms with E-state index in [0.29, 0.717) is 11.3 Å². The van der Waals surface area contributed by atoms with Gasteiger partial charge in [0.2, 0.25) is 0 Å². The molecule has 0 aromatic rings. The molecule has 4 aliphatic carbocycles. The van der Waals surface area contributed by atoms with E-state index in [2.05, 4.69) is 13.8 Å². The standard InChI is InChI=1S/C21H34O3/c1-19-6-3-4-15(19)14-12-18(22)17-13-21(23-10-11-24-21)9-8-20(17,2)16(14)5-7-19/h14-18,22H,3-13H2,1-2H3/t14?,15?,16?,17-,18?,19?,20?/m1/s1. The molecule has 3 nitrogen and oxygen atoms in total. The van der Waals surface area contributed by atoms with Crippen molar-refractivity contribution >= 4 is 0 Å². The van der Waals surface area contributed by atoms with Crippen molar-refractivity contribution in [2.45, 2.75) is 83.5 Å². The Morgan fingerprint density at radius 3 is 2.46 bits per heavy atom. The van der Waals surface area contributed by atoms with Crippen molar-refractivity contribution in [2.24, 2.45) is 34.5 Å². The molecule has 0 bridgehead atoms. The van der Waals surface area contributed by atoms with Gasteiger partial charge in [-0.1, -0.05) is 20.3 Å². The van der Waals surface area contributed by atoms with Gasteiger partial charge in [0.05, 0.1) is 19.3 Å². The maximum atomic E-state index is 11.1. The third-order valence-corrected chi connectivity index (χ3v) is 9.28.